The Kier molecular flexibility index (Phi) is 4.98. The maximum absolute atomic E-state index is 8.72. The van der Waals surface area contributed by atoms with E-state index in [0.717, 1.165) is 54.9 Å². The molecule has 0 unspecified atom stereocenters. The van der Waals surface area contributed by atoms with Gasteiger partial charge in [-0.3, -0.25) is 4.57 Å². The Morgan fingerprint density at radius 1 is 0.531 bits per heavy atom. The fourth-order valence-electron chi connectivity index (χ4n) is 6.96. The Balaban J connectivity index is 1.18. The zero-order valence-corrected chi connectivity index (χ0v) is 26.3. The van der Waals surface area contributed by atoms with Crippen molar-refractivity contribution in [1.29, 1.82) is 0 Å². The molecule has 0 saturated carbocycles. The van der Waals surface area contributed by atoms with E-state index in [9.17, 15) is 0 Å². The van der Waals surface area contributed by atoms with Crippen molar-refractivity contribution < 1.29 is 13.7 Å². The van der Waals surface area contributed by atoms with E-state index in [0.29, 0.717) is 22.3 Å². The van der Waals surface area contributed by atoms with Crippen LogP contribution in [-0.4, -0.2) is 9.55 Å². The van der Waals surface area contributed by atoms with E-state index in [2.05, 4.69) is 41.4 Å². The molecule has 0 atom stereocenters. The molecule has 0 spiro atoms. The molecule has 2 heteroatoms. The quantitative estimate of drug-likeness (QED) is 0.166. The summed E-state index contributed by atoms with van der Waals surface area (Å²) in [4.78, 5) is 4.44. The molecule has 1 heterocycles. The Morgan fingerprint density at radius 3 is 1.84 bits per heavy atom. The predicted octanol–water partition coefficient (Wildman–Crippen LogP) is 12.6. The third-order valence-electron chi connectivity index (χ3n) is 9.18. The highest BCUT2D eigenvalue weighted by Gasteiger charge is 2.18. The Hall–Kier alpha value is -6.25. The molecule has 0 fully saturated rings. The molecule has 9 rings (SSSR count). The summed E-state index contributed by atoms with van der Waals surface area (Å²) in [7, 11) is 0. The number of para-hydroxylation sites is 2. The van der Waals surface area contributed by atoms with E-state index in [1.807, 2.05) is 91.0 Å². The highest BCUT2D eigenvalue weighted by Crippen LogP contribution is 2.45. The third kappa shape index (κ3) is 5.01. The van der Waals surface area contributed by atoms with Crippen molar-refractivity contribution >= 4 is 32.6 Å². The van der Waals surface area contributed by atoms with Crippen LogP contribution in [0.15, 0.2) is 176 Å². The van der Waals surface area contributed by atoms with Crippen LogP contribution in [0.25, 0.3) is 82.8 Å². The van der Waals surface area contributed by atoms with Crippen LogP contribution < -0.4 is 0 Å². The monoisotopic (exact) mass is 636 g/mol. The van der Waals surface area contributed by atoms with E-state index < -0.39 is 19.3 Å². The summed E-state index contributed by atoms with van der Waals surface area (Å²) in [6.45, 7) is -2.93. The molecule has 0 aliphatic carbocycles. The van der Waals surface area contributed by atoms with Gasteiger partial charge in [-0.05, 0) is 96.4 Å². The highest BCUT2D eigenvalue weighted by molar-refractivity contribution is 6.22. The lowest BCUT2D eigenvalue weighted by atomic mass is 9.84. The normalized spacial score (nSPS) is 14.9. The minimum Gasteiger partial charge on any atom is -0.296 e. The Morgan fingerprint density at radius 2 is 1.10 bits per heavy atom. The van der Waals surface area contributed by atoms with Gasteiger partial charge in [-0.1, -0.05) is 152 Å². The summed E-state index contributed by atoms with van der Waals surface area (Å²) in [5.74, 6) is -0.186. The molecule has 2 nitrogen and oxygen atoms in total. The molecule has 8 aromatic carbocycles. The summed E-state index contributed by atoms with van der Waals surface area (Å²) < 4.78 is 84.7. The number of hydrogen-bond donors (Lipinski definition) is 0. The minimum atomic E-state index is -2.93. The average Bonchev–Trinajstić information content (AvgIpc) is 3.65. The zero-order chi connectivity index (χ0) is 41.4. The highest BCUT2D eigenvalue weighted by atomic mass is 15.1. The van der Waals surface area contributed by atoms with Crippen LogP contribution >= 0.6 is 0 Å². The molecule has 0 aliphatic heterocycles. The molecule has 232 valence electrons. The van der Waals surface area contributed by atoms with Gasteiger partial charge in [0.2, 0.25) is 0 Å². The van der Waals surface area contributed by atoms with E-state index >= 15 is 0 Å². The van der Waals surface area contributed by atoms with Crippen LogP contribution in [0.5, 0.6) is 0 Å². The average molecular weight is 637 g/mol. The van der Waals surface area contributed by atoms with Gasteiger partial charge in [0.1, 0.15) is 5.82 Å². The molecule has 1 aromatic heterocycles. The maximum Gasteiger partial charge on any atom is 0.114 e. The van der Waals surface area contributed by atoms with Crippen molar-refractivity contribution in [3.05, 3.63) is 182 Å². The van der Waals surface area contributed by atoms with Crippen molar-refractivity contribution in [1.82, 2.24) is 9.55 Å². The number of nitrogens with zero attached hydrogens (tertiary/aromatic N) is 2. The van der Waals surface area contributed by atoms with Gasteiger partial charge in [-0.15, -0.1) is 0 Å². The molecular weight excluding hydrogens is 593 g/mol. The summed E-state index contributed by atoms with van der Waals surface area (Å²) >= 11 is 0. The summed E-state index contributed by atoms with van der Waals surface area (Å²) in [6.07, 6.45) is -2.70. The van der Waals surface area contributed by atoms with Gasteiger partial charge in [0.15, 0.2) is 0 Å². The zero-order valence-electron chi connectivity index (χ0n) is 36.3. The second-order valence-corrected chi connectivity index (χ2v) is 11.9. The first-order valence-corrected chi connectivity index (χ1v) is 16.1. The molecule has 0 radical (unpaired) electrons. The lowest BCUT2D eigenvalue weighted by molar-refractivity contribution is 0.908. The van der Waals surface area contributed by atoms with Crippen LogP contribution in [0.2, 0.25) is 0 Å². The fourth-order valence-corrected chi connectivity index (χ4v) is 6.96. The van der Waals surface area contributed by atoms with Crippen molar-refractivity contribution in [2.45, 2.75) is 13.2 Å². The topological polar surface area (TPSA) is 17.8 Å². The van der Waals surface area contributed by atoms with Crippen LogP contribution in [0.4, 0.5) is 0 Å². The second kappa shape index (κ2) is 12.1. The molecule has 0 aliphatic rings. The minimum absolute atomic E-state index is 0.149. The number of aromatic nitrogens is 2. The summed E-state index contributed by atoms with van der Waals surface area (Å²) in [6, 6.07) is 45.2. The van der Waals surface area contributed by atoms with Crippen molar-refractivity contribution in [3.8, 4) is 50.2 Å². The van der Waals surface area contributed by atoms with Gasteiger partial charge in [0, 0.05) is 18.9 Å². The van der Waals surface area contributed by atoms with Crippen LogP contribution in [0.1, 0.15) is 26.4 Å². The van der Waals surface area contributed by atoms with Crippen molar-refractivity contribution in [3.63, 3.8) is 0 Å². The first-order valence-electron chi connectivity index (χ1n) is 21.1. The van der Waals surface area contributed by atoms with Crippen LogP contribution in [-0.2, 0) is 6.37 Å². The van der Waals surface area contributed by atoms with Gasteiger partial charge < -0.3 is 0 Å². The van der Waals surface area contributed by atoms with Gasteiger partial charge in [0.25, 0.3) is 0 Å². The largest absolute Gasteiger partial charge is 0.296 e. The Labute approximate surface area is 300 Å². The summed E-state index contributed by atoms with van der Waals surface area (Å²) in [5, 5.41) is 3.86. The van der Waals surface area contributed by atoms with E-state index in [1.165, 1.54) is 0 Å². The van der Waals surface area contributed by atoms with E-state index in [4.69, 9.17) is 13.7 Å². The maximum atomic E-state index is 8.72. The number of rotatable bonds is 6. The molecule has 0 saturated heterocycles. The SMILES string of the molecule is [2H]c1c([2H])c([2H])c(-c2ccc3c(-c4ccc(-c5ccc(-n6c(C([2H])([2H])C([2H])([2H])[2H])nc7ccccc76)cc5)cc4)c4ccccc4c(-c4ccccc4)c3c2)c([2H])c1[2H]. The van der Waals surface area contributed by atoms with Gasteiger partial charge in [-0.25, -0.2) is 4.98 Å². The third-order valence-corrected chi connectivity index (χ3v) is 9.18. The second-order valence-electron chi connectivity index (χ2n) is 11.9. The van der Waals surface area contributed by atoms with Crippen LogP contribution in [0, 0.1) is 0 Å². The molecule has 0 amide bonds. The number of benzene rings is 8. The van der Waals surface area contributed by atoms with Crippen molar-refractivity contribution in [2.75, 3.05) is 0 Å². The number of hydrogen-bond acceptors (Lipinski definition) is 1. The van der Waals surface area contributed by atoms with Gasteiger partial charge in [-0.2, -0.15) is 0 Å². The molecule has 0 bridgehead atoms. The number of imidazole rings is 1. The molecule has 49 heavy (non-hydrogen) atoms. The lowest BCUT2D eigenvalue weighted by Gasteiger charge is -2.19. The number of aryl methyl sites for hydroxylation is 1. The Bertz CT molecular complexity index is 3070. The van der Waals surface area contributed by atoms with E-state index in [1.54, 1.807) is 22.8 Å². The first-order chi connectivity index (χ1) is 28.3. The number of fused-ring (bicyclic) bond motifs is 3. The van der Waals surface area contributed by atoms with Crippen LogP contribution in [0.3, 0.4) is 0 Å². The van der Waals surface area contributed by atoms with Gasteiger partial charge in [0.05, 0.1) is 17.9 Å². The molecule has 9 aromatic rings. The standard InChI is InChI=1S/C47H34N2/c1-2-45-48-43-19-11-12-20-44(43)49(45)38-28-25-34(26-29-38)33-21-23-36(24-22-33)46-39-17-9-10-18-40(39)47(35-15-7-4-8-16-35)42-31-37(27-30-41(42)46)32-13-5-3-6-14-32/h3-31H,2H2,1H3/i1D3,2D2,3D,5D,6D,13D,14D. The van der Waals surface area contributed by atoms with Crippen molar-refractivity contribution in [2.24, 2.45) is 0 Å². The molecule has 0 N–H and O–H groups in total. The van der Waals surface area contributed by atoms with E-state index in [-0.39, 0.29) is 35.6 Å². The first kappa shape index (κ1) is 20.2. The van der Waals surface area contributed by atoms with Gasteiger partial charge >= 0.3 is 0 Å². The lowest BCUT2D eigenvalue weighted by Crippen LogP contribution is -1.99. The fraction of sp³-hybridized carbons (Fsp3) is 0.0426. The smallest absolute Gasteiger partial charge is 0.114 e. The molecular formula is C47H34N2. The predicted molar refractivity (Wildman–Crippen MR) is 207 cm³/mol. The summed E-state index contributed by atoms with van der Waals surface area (Å²) in [5.41, 5.74) is 8.12.